The highest BCUT2D eigenvalue weighted by atomic mass is 33.1. The minimum atomic E-state index is -0.311. The summed E-state index contributed by atoms with van der Waals surface area (Å²) in [7, 11) is 0.881. The molecule has 0 aromatic carbocycles. The van der Waals surface area contributed by atoms with E-state index in [0.717, 1.165) is 10.8 Å². The van der Waals surface area contributed by atoms with Crippen LogP contribution < -0.4 is 0 Å². The van der Waals surface area contributed by atoms with Gasteiger partial charge in [-0.1, -0.05) is 0 Å². The smallest absolute Gasteiger partial charge is 0.292 e. The zero-order valence-corrected chi connectivity index (χ0v) is 6.36. The number of hydrogen-bond acceptors (Lipinski definition) is 4. The topological polar surface area (TPSA) is 40.5 Å². The Morgan fingerprint density at radius 3 is 2.67 bits per heavy atom. The highest BCUT2D eigenvalue weighted by Crippen LogP contribution is 2.17. The first-order valence-electron chi connectivity index (χ1n) is 2.52. The molecule has 0 bridgehead atoms. The van der Waals surface area contributed by atoms with Gasteiger partial charge in [0.2, 0.25) is 0 Å². The van der Waals surface area contributed by atoms with Gasteiger partial charge in [-0.05, 0) is 0 Å². The van der Waals surface area contributed by atoms with Crippen molar-refractivity contribution in [1.29, 1.82) is 0 Å². The lowest BCUT2D eigenvalue weighted by molar-refractivity contribution is 0.0348. The third-order valence-electron chi connectivity index (χ3n) is 1.20. The molecule has 1 aliphatic heterocycles. The molecule has 1 rings (SSSR count). The van der Waals surface area contributed by atoms with Crippen LogP contribution in [0, 0.1) is 0 Å². The van der Waals surface area contributed by atoms with Gasteiger partial charge in [0.25, 0.3) is 5.24 Å². The molecule has 52 valence electrons. The van der Waals surface area contributed by atoms with Gasteiger partial charge in [0, 0.05) is 23.9 Å². The maximum Gasteiger partial charge on any atom is 0.292 e. The number of amides is 1. The minimum absolute atomic E-state index is 0.0800. The average molecular weight is 165 g/mol. The van der Waals surface area contributed by atoms with E-state index < -0.39 is 0 Å². The molecule has 0 unspecified atom stereocenters. The van der Waals surface area contributed by atoms with Gasteiger partial charge in [-0.15, -0.1) is 11.7 Å². The van der Waals surface area contributed by atoms with E-state index >= 15 is 0 Å². The second-order valence-corrected chi connectivity index (χ2v) is 3.00. The summed E-state index contributed by atoms with van der Waals surface area (Å²) in [5, 5.41) is 8.65. The van der Waals surface area contributed by atoms with E-state index in [0.29, 0.717) is 13.1 Å². The van der Waals surface area contributed by atoms with Crippen molar-refractivity contribution in [2.45, 2.75) is 6.10 Å². The Bertz CT molecular complexity index is 124. The highest BCUT2D eigenvalue weighted by molar-refractivity contribution is 8.74. The van der Waals surface area contributed by atoms with E-state index in [1.807, 2.05) is 0 Å². The van der Waals surface area contributed by atoms with Crippen molar-refractivity contribution < 1.29 is 9.90 Å². The van der Waals surface area contributed by atoms with Crippen molar-refractivity contribution in [3.05, 3.63) is 0 Å². The fourth-order valence-corrected chi connectivity index (χ4v) is 1.27. The highest BCUT2D eigenvalue weighted by Gasteiger charge is 2.28. The van der Waals surface area contributed by atoms with Crippen LogP contribution in [-0.4, -0.2) is 34.4 Å². The molecule has 5 heteroatoms. The number of aliphatic hydroxyl groups is 1. The summed E-state index contributed by atoms with van der Waals surface area (Å²) in [4.78, 5) is 12.2. The predicted molar refractivity (Wildman–Crippen MR) is 39.6 cm³/mol. The van der Waals surface area contributed by atoms with Gasteiger partial charge in [0.15, 0.2) is 0 Å². The first kappa shape index (κ1) is 7.24. The summed E-state index contributed by atoms with van der Waals surface area (Å²) in [5.41, 5.74) is 0. The SMILES string of the molecule is O=C(SS)N1CC(O)C1. The molecular formula is C4H7NO2S2. The Hall–Kier alpha value is 0.130. The third kappa shape index (κ3) is 1.53. The summed E-state index contributed by atoms with van der Waals surface area (Å²) in [6.45, 7) is 0.929. The Kier molecular flexibility index (Phi) is 2.26. The zero-order chi connectivity index (χ0) is 6.85. The van der Waals surface area contributed by atoms with E-state index in [2.05, 4.69) is 11.7 Å². The lowest BCUT2D eigenvalue weighted by Crippen LogP contribution is -2.51. The molecule has 0 saturated carbocycles. The van der Waals surface area contributed by atoms with Crippen LogP contribution >= 0.6 is 22.5 Å². The molecular weight excluding hydrogens is 158 g/mol. The Labute approximate surface area is 62.2 Å². The van der Waals surface area contributed by atoms with Crippen molar-refractivity contribution in [2.75, 3.05) is 13.1 Å². The van der Waals surface area contributed by atoms with Gasteiger partial charge in [-0.25, -0.2) is 0 Å². The minimum Gasteiger partial charge on any atom is -0.389 e. The van der Waals surface area contributed by atoms with Crippen LogP contribution in [0.15, 0.2) is 0 Å². The molecule has 1 fully saturated rings. The fourth-order valence-electron chi connectivity index (χ4n) is 0.662. The molecule has 0 radical (unpaired) electrons. The molecule has 9 heavy (non-hydrogen) atoms. The van der Waals surface area contributed by atoms with Crippen molar-refractivity contribution in [3.63, 3.8) is 0 Å². The van der Waals surface area contributed by atoms with Crippen molar-refractivity contribution in [2.24, 2.45) is 0 Å². The van der Waals surface area contributed by atoms with E-state index in [-0.39, 0.29) is 11.3 Å². The van der Waals surface area contributed by atoms with Gasteiger partial charge in [0.1, 0.15) is 0 Å². The Morgan fingerprint density at radius 2 is 2.33 bits per heavy atom. The Morgan fingerprint density at radius 1 is 1.78 bits per heavy atom. The number of thiol groups is 1. The van der Waals surface area contributed by atoms with Crippen molar-refractivity contribution >= 4 is 27.7 Å². The van der Waals surface area contributed by atoms with Gasteiger partial charge in [-0.3, -0.25) is 4.79 Å². The van der Waals surface area contributed by atoms with Crippen LogP contribution in [0.1, 0.15) is 0 Å². The third-order valence-corrected chi connectivity index (χ3v) is 2.08. The molecule has 0 aromatic heterocycles. The van der Waals surface area contributed by atoms with Gasteiger partial charge in [-0.2, -0.15) is 0 Å². The predicted octanol–water partition coefficient (Wildman–Crippen LogP) is 0.361. The summed E-state index contributed by atoms with van der Waals surface area (Å²) < 4.78 is 0. The number of likely N-dealkylation sites (tertiary alicyclic amines) is 1. The number of hydrogen-bond donors (Lipinski definition) is 2. The quantitative estimate of drug-likeness (QED) is 0.402. The monoisotopic (exact) mass is 165 g/mol. The molecule has 1 saturated heterocycles. The van der Waals surface area contributed by atoms with Crippen LogP contribution in [0.4, 0.5) is 4.79 Å². The van der Waals surface area contributed by atoms with Gasteiger partial charge in [0.05, 0.1) is 6.10 Å². The summed E-state index contributed by atoms with van der Waals surface area (Å²) >= 11 is 3.72. The van der Waals surface area contributed by atoms with E-state index in [1.54, 1.807) is 4.90 Å². The van der Waals surface area contributed by atoms with Crippen LogP contribution in [0.5, 0.6) is 0 Å². The first-order chi connectivity index (χ1) is 4.24. The second kappa shape index (κ2) is 2.81. The maximum absolute atomic E-state index is 10.6. The second-order valence-electron chi connectivity index (χ2n) is 1.92. The maximum atomic E-state index is 10.6. The largest absolute Gasteiger partial charge is 0.389 e. The number of carbonyl (C=O) groups is 1. The lowest BCUT2D eigenvalue weighted by atomic mass is 10.2. The summed E-state index contributed by atoms with van der Waals surface area (Å²) in [6, 6.07) is 0. The van der Waals surface area contributed by atoms with Crippen LogP contribution in [0.2, 0.25) is 0 Å². The molecule has 1 aliphatic rings. The molecule has 0 spiro atoms. The van der Waals surface area contributed by atoms with Gasteiger partial charge < -0.3 is 10.0 Å². The molecule has 0 aliphatic carbocycles. The normalized spacial score (nSPS) is 19.6. The number of β-amino-alcohol motifs (C(OH)–C–C–N with tert-alkyl or cyclic N) is 1. The lowest BCUT2D eigenvalue weighted by Gasteiger charge is -2.34. The number of aliphatic hydroxyl groups excluding tert-OH is 1. The number of rotatable bonds is 0. The van der Waals surface area contributed by atoms with Crippen LogP contribution in [-0.2, 0) is 0 Å². The molecule has 0 aromatic rings. The number of carbonyl (C=O) groups excluding carboxylic acids is 1. The molecule has 3 nitrogen and oxygen atoms in total. The molecule has 1 heterocycles. The molecule has 1 amide bonds. The number of nitrogens with zero attached hydrogens (tertiary/aromatic N) is 1. The van der Waals surface area contributed by atoms with E-state index in [9.17, 15) is 4.79 Å². The van der Waals surface area contributed by atoms with Crippen molar-refractivity contribution in [3.8, 4) is 0 Å². The molecule has 1 N–H and O–H groups in total. The summed E-state index contributed by atoms with van der Waals surface area (Å²) in [6.07, 6.45) is -0.311. The van der Waals surface area contributed by atoms with Crippen molar-refractivity contribution in [1.82, 2.24) is 4.90 Å². The zero-order valence-electron chi connectivity index (χ0n) is 4.65. The van der Waals surface area contributed by atoms with Gasteiger partial charge >= 0.3 is 0 Å². The average Bonchev–Trinajstić information content (AvgIpc) is 1.79. The summed E-state index contributed by atoms with van der Waals surface area (Å²) in [5.74, 6) is 0. The first-order valence-corrected chi connectivity index (χ1v) is 4.39. The van der Waals surface area contributed by atoms with E-state index in [4.69, 9.17) is 5.11 Å². The Balaban J connectivity index is 2.23. The standard InChI is InChI=1S/C4H7NO2S2/c6-3-1-5(2-3)4(7)9-8/h3,6,8H,1-2H2. The van der Waals surface area contributed by atoms with E-state index in [1.165, 1.54) is 0 Å². The van der Waals surface area contributed by atoms with Crippen LogP contribution in [0.25, 0.3) is 0 Å². The fraction of sp³-hybridized carbons (Fsp3) is 0.750. The van der Waals surface area contributed by atoms with Crippen LogP contribution in [0.3, 0.4) is 0 Å². The molecule has 0 atom stereocenters.